The number of carboxylic acids is 1. The van der Waals surface area contributed by atoms with Gasteiger partial charge in [-0.2, -0.15) is 0 Å². The van der Waals surface area contributed by atoms with Crippen molar-refractivity contribution in [1.82, 2.24) is 0 Å². The molecule has 0 spiro atoms. The number of hydrogen-bond donors (Lipinski definition) is 0. The predicted octanol–water partition coefficient (Wildman–Crippen LogP) is -1.56. The molecule has 0 fully saturated rings. The number of halogens is 2. The quantitative estimate of drug-likeness (QED) is 0.403. The highest BCUT2D eigenvalue weighted by Gasteiger charge is 1.68. The van der Waals surface area contributed by atoms with Gasteiger partial charge in [0.25, 0.3) is 0 Å². The molecule has 0 aliphatic heterocycles. The van der Waals surface area contributed by atoms with E-state index in [9.17, 15) is 0 Å². The molecule has 0 unspecified atom stereocenters. The van der Waals surface area contributed by atoms with Crippen molar-refractivity contribution in [2.75, 3.05) is 5.88 Å². The normalized spacial score (nSPS) is 6.17. The molecule has 2 nitrogen and oxygen atoms in total. The van der Waals surface area contributed by atoms with Gasteiger partial charge in [-0.25, -0.2) is 0 Å². The van der Waals surface area contributed by atoms with Gasteiger partial charge in [0, 0.05) is 0 Å². The number of alkyl halides is 1. The van der Waals surface area contributed by atoms with Crippen LogP contribution < -0.4 is 5.11 Å². The van der Waals surface area contributed by atoms with E-state index in [1.54, 1.807) is 0 Å². The van der Waals surface area contributed by atoms with Crippen molar-refractivity contribution in [2.45, 2.75) is 0 Å². The first-order valence-electron chi connectivity index (χ1n) is 1.03. The van der Waals surface area contributed by atoms with Gasteiger partial charge >= 0.3 is 0 Å². The van der Waals surface area contributed by atoms with E-state index in [0.717, 1.165) is 0 Å². The number of hydrogen-bond acceptors (Lipinski definition) is 2. The fourth-order valence-corrected chi connectivity index (χ4v) is 0. The molecule has 0 aromatic rings. The zero-order chi connectivity index (χ0) is 4.28. The van der Waals surface area contributed by atoms with Crippen LogP contribution in [0, 0.1) is 12.4 Å². The van der Waals surface area contributed by atoms with Crippen LogP contribution in [-0.4, -0.2) is 11.8 Å². The van der Waals surface area contributed by atoms with Crippen molar-refractivity contribution >= 4 is 17.6 Å². The maximum atomic E-state index is 9.12. The van der Waals surface area contributed by atoms with Crippen LogP contribution in [0.3, 0.4) is 0 Å². The maximum Gasteiger partial charge on any atom is 0.0903 e. The Labute approximate surface area is 46.5 Å². The average Bonchev–Trinajstić information content (AvgIpc) is 1.38. The smallest absolute Gasteiger partial charge is 0.0903 e. The summed E-state index contributed by atoms with van der Waals surface area (Å²) in [6, 6.07) is 0. The highest BCUT2D eigenvalue weighted by molar-refractivity contribution is 6.25. The molecule has 0 radical (unpaired) electrons. The summed E-state index contributed by atoms with van der Waals surface area (Å²) in [4.78, 5) is 9.12. The van der Waals surface area contributed by atoms with Crippen LogP contribution >= 0.6 is 11.6 Å². The lowest BCUT2D eigenvalue weighted by molar-refractivity contribution is -0.301. The maximum absolute atomic E-state index is 9.12. The Bertz CT molecular complexity index is 44.8. The molecule has 0 aromatic heterocycles. The van der Waals surface area contributed by atoms with Gasteiger partial charge in [-0.3, -0.25) is 0 Å². The van der Waals surface area contributed by atoms with E-state index < -0.39 is 11.8 Å². The van der Waals surface area contributed by atoms with Crippen molar-refractivity contribution in [1.29, 1.82) is 0 Å². The van der Waals surface area contributed by atoms with Crippen LogP contribution in [0.1, 0.15) is 0 Å². The first kappa shape index (κ1) is 9.41. The SMILES string of the molecule is O=C([O-])CCl.[ClH2+]. The zero-order valence-electron chi connectivity index (χ0n) is 2.85. The summed E-state index contributed by atoms with van der Waals surface area (Å²) < 4.78 is 0. The fourth-order valence-electron chi connectivity index (χ4n) is 0. The molecule has 0 saturated heterocycles. The van der Waals surface area contributed by atoms with E-state index in [0.29, 0.717) is 0 Å². The molecule has 0 amide bonds. The molecule has 0 saturated carbocycles. The van der Waals surface area contributed by atoms with Gasteiger partial charge in [-0.15, -0.1) is 11.6 Å². The summed E-state index contributed by atoms with van der Waals surface area (Å²) in [5.74, 6) is -1.65. The van der Waals surface area contributed by atoms with E-state index in [1.807, 2.05) is 0 Å². The van der Waals surface area contributed by atoms with Crippen LogP contribution in [0.25, 0.3) is 0 Å². The summed E-state index contributed by atoms with van der Waals surface area (Å²) in [6.45, 7) is 0. The van der Waals surface area contributed by atoms with Crippen LogP contribution in [0.2, 0.25) is 0 Å². The number of carbonyl (C=O) groups excluding carboxylic acids is 1. The zero-order valence-corrected chi connectivity index (χ0v) is 4.50. The van der Waals surface area contributed by atoms with Crippen molar-refractivity contribution in [3.8, 4) is 0 Å². The highest BCUT2D eigenvalue weighted by Crippen LogP contribution is 1.63. The van der Waals surface area contributed by atoms with Crippen LogP contribution in [-0.2, 0) is 4.79 Å². The Balaban J connectivity index is 0. The molecule has 0 aromatic carbocycles. The largest absolute Gasteiger partial charge is 0.549 e. The topological polar surface area (TPSA) is 40.1 Å². The van der Waals surface area contributed by atoms with Gasteiger partial charge in [-0.05, 0) is 0 Å². The summed E-state index contributed by atoms with van der Waals surface area (Å²) in [7, 11) is 0. The van der Waals surface area contributed by atoms with Crippen molar-refractivity contribution in [2.24, 2.45) is 0 Å². The monoisotopic (exact) mass is 130 g/mol. The van der Waals surface area contributed by atoms with E-state index in [2.05, 4.69) is 11.6 Å². The van der Waals surface area contributed by atoms with Crippen molar-refractivity contribution in [3.63, 3.8) is 0 Å². The van der Waals surface area contributed by atoms with Gasteiger partial charge in [-0.1, -0.05) is 0 Å². The first-order chi connectivity index (χ1) is 2.27. The molecule has 0 aliphatic carbocycles. The van der Waals surface area contributed by atoms with Gasteiger partial charge in [0.15, 0.2) is 0 Å². The van der Waals surface area contributed by atoms with Gasteiger partial charge < -0.3 is 9.90 Å². The van der Waals surface area contributed by atoms with Crippen molar-refractivity contribution in [3.05, 3.63) is 0 Å². The number of carboxylic acid groups (broad SMARTS) is 1. The molecule has 0 N–H and O–H groups in total. The predicted molar refractivity (Wildman–Crippen MR) is 18.5 cm³/mol. The molecule has 0 heterocycles. The minimum atomic E-state index is -1.23. The Kier molecular flexibility index (Phi) is 7.92. The Morgan fingerprint density at radius 2 is 2.00 bits per heavy atom. The first-order valence-corrected chi connectivity index (χ1v) is 1.56. The molecule has 0 rings (SSSR count). The van der Waals surface area contributed by atoms with Gasteiger partial charge in [0.05, 0.1) is 24.3 Å². The fraction of sp³-hybridized carbons (Fsp3) is 0.500. The molecular formula is C2H4Cl2O2. The third-order valence-electron chi connectivity index (χ3n) is 0.109. The van der Waals surface area contributed by atoms with E-state index in [4.69, 9.17) is 9.90 Å². The minimum Gasteiger partial charge on any atom is -0.549 e. The third-order valence-corrected chi connectivity index (χ3v) is 0.327. The van der Waals surface area contributed by atoms with E-state index >= 15 is 0 Å². The summed E-state index contributed by atoms with van der Waals surface area (Å²) in [5.41, 5.74) is 0. The Morgan fingerprint density at radius 1 is 1.83 bits per heavy atom. The highest BCUT2D eigenvalue weighted by atomic mass is 35.5. The lowest BCUT2D eigenvalue weighted by atomic mass is 10.8. The minimum absolute atomic E-state index is 0. The van der Waals surface area contributed by atoms with Gasteiger partial charge in [0.2, 0.25) is 0 Å². The molecule has 0 bridgehead atoms. The molecule has 0 atom stereocenters. The second-order valence-corrected chi connectivity index (χ2v) is 0.773. The van der Waals surface area contributed by atoms with Crippen LogP contribution in [0.15, 0.2) is 0 Å². The Morgan fingerprint density at radius 3 is 2.00 bits per heavy atom. The number of carbonyl (C=O) groups is 1. The van der Waals surface area contributed by atoms with Crippen LogP contribution in [0.5, 0.6) is 0 Å². The second kappa shape index (κ2) is 5.05. The van der Waals surface area contributed by atoms with Gasteiger partial charge in [0.1, 0.15) is 0 Å². The van der Waals surface area contributed by atoms with E-state index in [-0.39, 0.29) is 12.4 Å². The summed E-state index contributed by atoms with van der Waals surface area (Å²) in [6.07, 6.45) is 0. The van der Waals surface area contributed by atoms with E-state index in [1.165, 1.54) is 0 Å². The van der Waals surface area contributed by atoms with Crippen LogP contribution in [0.4, 0.5) is 0 Å². The number of rotatable bonds is 1. The Hall–Kier alpha value is 0.0500. The molecule has 4 heteroatoms. The third kappa shape index (κ3) is 8.96. The second-order valence-electron chi connectivity index (χ2n) is 0.506. The number of aliphatic carboxylic acids is 1. The molecule has 6 heavy (non-hydrogen) atoms. The summed E-state index contributed by atoms with van der Waals surface area (Å²) >= 11 is 4.67. The molecular weight excluding hydrogens is 127 g/mol. The van der Waals surface area contributed by atoms with Crippen molar-refractivity contribution < 1.29 is 22.3 Å². The summed E-state index contributed by atoms with van der Waals surface area (Å²) in [5, 5.41) is 9.12. The average molecular weight is 131 g/mol. The lowest BCUT2D eigenvalue weighted by Crippen LogP contribution is -2.23. The molecule has 0 aliphatic rings. The lowest BCUT2D eigenvalue weighted by Gasteiger charge is -1.85. The standard InChI is InChI=1S/C2H3ClO2.ClH2/c3-1-2(4)5;/h1H2,(H,4,5);1H2/q;+1/p-1. The molecule has 38 valence electrons.